The van der Waals surface area contributed by atoms with Crippen LogP contribution in [0.1, 0.15) is 36.4 Å². The second-order valence-corrected chi connectivity index (χ2v) is 4.49. The van der Waals surface area contributed by atoms with Crippen LogP contribution in [0.5, 0.6) is 0 Å². The number of hydrogen-bond donors (Lipinski definition) is 2. The molecule has 1 atom stereocenters. The maximum atomic E-state index is 5.81. The molecule has 0 heterocycles. The fourth-order valence-electron chi connectivity index (χ4n) is 1.96. The average molecular weight is 204 g/mol. The Kier molecular flexibility index (Phi) is 3.39. The molecule has 15 heavy (non-hydrogen) atoms. The Hall–Kier alpha value is -0.860. The maximum Gasteiger partial charge on any atom is 0.0446 e. The summed E-state index contributed by atoms with van der Waals surface area (Å²) < 4.78 is 0. The summed E-state index contributed by atoms with van der Waals surface area (Å²) >= 11 is 0. The van der Waals surface area contributed by atoms with Crippen molar-refractivity contribution in [2.75, 3.05) is 6.54 Å². The van der Waals surface area contributed by atoms with E-state index in [0.717, 1.165) is 0 Å². The highest BCUT2D eigenvalue weighted by molar-refractivity contribution is 5.24. The molecule has 1 aliphatic carbocycles. The molecule has 2 heteroatoms. The standard InChI is InChI=1S/C13H20N2/c1-10-5-7-11(8-6-10)13(9-14)15-12-3-2-4-12/h5-8,12-13,15H,2-4,9,14H2,1H3. The van der Waals surface area contributed by atoms with Gasteiger partial charge in [0.25, 0.3) is 0 Å². The average Bonchev–Trinajstić information content (AvgIpc) is 2.19. The van der Waals surface area contributed by atoms with Crippen LogP contribution in [0, 0.1) is 6.92 Å². The van der Waals surface area contributed by atoms with E-state index in [9.17, 15) is 0 Å². The molecule has 0 spiro atoms. The first-order valence-corrected chi connectivity index (χ1v) is 5.82. The normalized spacial score (nSPS) is 18.5. The van der Waals surface area contributed by atoms with Crippen molar-refractivity contribution < 1.29 is 0 Å². The van der Waals surface area contributed by atoms with E-state index < -0.39 is 0 Å². The van der Waals surface area contributed by atoms with Gasteiger partial charge in [-0.2, -0.15) is 0 Å². The molecule has 1 aromatic carbocycles. The quantitative estimate of drug-likeness (QED) is 0.788. The smallest absolute Gasteiger partial charge is 0.0446 e. The van der Waals surface area contributed by atoms with Gasteiger partial charge in [-0.05, 0) is 25.3 Å². The molecule has 82 valence electrons. The highest BCUT2D eigenvalue weighted by Crippen LogP contribution is 2.22. The molecule has 2 nitrogen and oxygen atoms in total. The van der Waals surface area contributed by atoms with E-state index in [-0.39, 0.29) is 0 Å². The molecule has 0 amide bonds. The summed E-state index contributed by atoms with van der Waals surface area (Å²) in [7, 11) is 0. The Bertz CT molecular complexity index is 301. The summed E-state index contributed by atoms with van der Waals surface area (Å²) in [5.74, 6) is 0. The minimum absolute atomic E-state index is 0.330. The lowest BCUT2D eigenvalue weighted by Crippen LogP contribution is -2.40. The van der Waals surface area contributed by atoms with Crippen LogP contribution in [0.15, 0.2) is 24.3 Å². The third kappa shape index (κ3) is 2.58. The van der Waals surface area contributed by atoms with Crippen LogP contribution in [0.4, 0.5) is 0 Å². The van der Waals surface area contributed by atoms with Crippen molar-refractivity contribution >= 4 is 0 Å². The van der Waals surface area contributed by atoms with Crippen LogP contribution in [-0.4, -0.2) is 12.6 Å². The lowest BCUT2D eigenvalue weighted by molar-refractivity contribution is 0.307. The van der Waals surface area contributed by atoms with Crippen molar-refractivity contribution in [3.05, 3.63) is 35.4 Å². The van der Waals surface area contributed by atoms with E-state index in [1.54, 1.807) is 0 Å². The SMILES string of the molecule is Cc1ccc(C(CN)NC2CCC2)cc1. The van der Waals surface area contributed by atoms with Gasteiger partial charge in [0.15, 0.2) is 0 Å². The minimum atomic E-state index is 0.330. The van der Waals surface area contributed by atoms with Gasteiger partial charge in [0.05, 0.1) is 0 Å². The second-order valence-electron chi connectivity index (χ2n) is 4.49. The van der Waals surface area contributed by atoms with Gasteiger partial charge < -0.3 is 11.1 Å². The molecule has 0 bridgehead atoms. The van der Waals surface area contributed by atoms with Crippen molar-refractivity contribution in [3.8, 4) is 0 Å². The van der Waals surface area contributed by atoms with Gasteiger partial charge in [0.2, 0.25) is 0 Å². The lowest BCUT2D eigenvalue weighted by atomic mass is 9.91. The summed E-state index contributed by atoms with van der Waals surface area (Å²) in [4.78, 5) is 0. The molecule has 1 unspecified atom stereocenters. The van der Waals surface area contributed by atoms with Crippen molar-refractivity contribution in [2.24, 2.45) is 5.73 Å². The van der Waals surface area contributed by atoms with Gasteiger partial charge in [-0.15, -0.1) is 0 Å². The highest BCUT2D eigenvalue weighted by atomic mass is 15.0. The summed E-state index contributed by atoms with van der Waals surface area (Å²) in [6.07, 6.45) is 3.98. The second kappa shape index (κ2) is 4.77. The number of aryl methyl sites for hydroxylation is 1. The van der Waals surface area contributed by atoms with Gasteiger partial charge in [-0.1, -0.05) is 36.2 Å². The van der Waals surface area contributed by atoms with Crippen LogP contribution in [0.3, 0.4) is 0 Å². The molecule has 3 N–H and O–H groups in total. The van der Waals surface area contributed by atoms with Crippen molar-refractivity contribution in [1.82, 2.24) is 5.32 Å². The molecule has 0 radical (unpaired) electrons. The Balaban J connectivity index is 2.01. The molecule has 2 rings (SSSR count). The summed E-state index contributed by atoms with van der Waals surface area (Å²) in [6.45, 7) is 2.79. The molecule has 0 saturated heterocycles. The lowest BCUT2D eigenvalue weighted by Gasteiger charge is -2.31. The number of rotatable bonds is 4. The van der Waals surface area contributed by atoms with Crippen LogP contribution in [0.2, 0.25) is 0 Å². The first-order valence-electron chi connectivity index (χ1n) is 5.82. The van der Waals surface area contributed by atoms with Crippen molar-refractivity contribution in [2.45, 2.75) is 38.3 Å². The number of benzene rings is 1. The monoisotopic (exact) mass is 204 g/mol. The topological polar surface area (TPSA) is 38.0 Å². The third-order valence-corrected chi connectivity index (χ3v) is 3.26. The predicted molar refractivity (Wildman–Crippen MR) is 63.7 cm³/mol. The Morgan fingerprint density at radius 2 is 2.00 bits per heavy atom. The summed E-state index contributed by atoms with van der Waals surface area (Å²) in [6, 6.07) is 9.69. The third-order valence-electron chi connectivity index (χ3n) is 3.26. The zero-order valence-corrected chi connectivity index (χ0v) is 9.37. The summed E-state index contributed by atoms with van der Waals surface area (Å²) in [5, 5.41) is 3.61. The molecule has 0 aliphatic heterocycles. The van der Waals surface area contributed by atoms with Gasteiger partial charge in [0.1, 0.15) is 0 Å². The number of hydrogen-bond acceptors (Lipinski definition) is 2. The van der Waals surface area contributed by atoms with Gasteiger partial charge in [0, 0.05) is 18.6 Å². The van der Waals surface area contributed by atoms with Crippen molar-refractivity contribution in [3.63, 3.8) is 0 Å². The highest BCUT2D eigenvalue weighted by Gasteiger charge is 2.20. The van der Waals surface area contributed by atoms with Crippen molar-refractivity contribution in [1.29, 1.82) is 0 Å². The Labute approximate surface area is 91.9 Å². The fraction of sp³-hybridized carbons (Fsp3) is 0.538. The van der Waals surface area contributed by atoms with E-state index in [1.165, 1.54) is 30.4 Å². The molecule has 0 aromatic heterocycles. The Morgan fingerprint density at radius 1 is 1.33 bits per heavy atom. The van der Waals surface area contributed by atoms with E-state index >= 15 is 0 Å². The van der Waals surface area contributed by atoms with Crippen LogP contribution in [0.25, 0.3) is 0 Å². The number of nitrogens with two attached hydrogens (primary N) is 1. The van der Waals surface area contributed by atoms with E-state index in [1.807, 2.05) is 0 Å². The van der Waals surface area contributed by atoms with E-state index in [2.05, 4.69) is 36.5 Å². The molecule has 1 saturated carbocycles. The maximum absolute atomic E-state index is 5.81. The molecular weight excluding hydrogens is 184 g/mol. The molecular formula is C13H20N2. The van der Waals surface area contributed by atoms with E-state index in [0.29, 0.717) is 18.6 Å². The van der Waals surface area contributed by atoms with Crippen LogP contribution >= 0.6 is 0 Å². The van der Waals surface area contributed by atoms with Gasteiger partial charge in [-0.25, -0.2) is 0 Å². The fourth-order valence-corrected chi connectivity index (χ4v) is 1.96. The molecule has 1 fully saturated rings. The Morgan fingerprint density at radius 3 is 2.47 bits per heavy atom. The summed E-state index contributed by atoms with van der Waals surface area (Å²) in [5.41, 5.74) is 8.43. The molecule has 1 aromatic rings. The minimum Gasteiger partial charge on any atom is -0.329 e. The zero-order valence-electron chi connectivity index (χ0n) is 9.37. The molecule has 1 aliphatic rings. The van der Waals surface area contributed by atoms with Crippen LogP contribution < -0.4 is 11.1 Å². The first kappa shape index (κ1) is 10.7. The van der Waals surface area contributed by atoms with Crippen LogP contribution in [-0.2, 0) is 0 Å². The number of nitrogens with one attached hydrogen (secondary N) is 1. The largest absolute Gasteiger partial charge is 0.329 e. The first-order chi connectivity index (χ1) is 7.29. The predicted octanol–water partition coefficient (Wildman–Crippen LogP) is 2.14. The van der Waals surface area contributed by atoms with Gasteiger partial charge >= 0.3 is 0 Å². The van der Waals surface area contributed by atoms with Gasteiger partial charge in [-0.3, -0.25) is 0 Å². The van der Waals surface area contributed by atoms with E-state index in [4.69, 9.17) is 5.73 Å². The zero-order chi connectivity index (χ0) is 10.7.